The number of ether oxygens (including phenoxy) is 1. The van der Waals surface area contributed by atoms with Gasteiger partial charge in [0, 0.05) is 30.1 Å². The molecule has 6 nitrogen and oxygen atoms in total. The molecule has 28 heavy (non-hydrogen) atoms. The fraction of sp³-hybridized carbons (Fsp3) is 0.318. The molecule has 0 unspecified atom stereocenters. The number of aryl methyl sites for hydroxylation is 1. The first-order valence-electron chi connectivity index (χ1n) is 9.64. The summed E-state index contributed by atoms with van der Waals surface area (Å²) >= 11 is 0. The van der Waals surface area contributed by atoms with E-state index in [-0.39, 0.29) is 11.8 Å². The number of amides is 1. The van der Waals surface area contributed by atoms with Crippen molar-refractivity contribution in [1.29, 1.82) is 0 Å². The van der Waals surface area contributed by atoms with E-state index in [4.69, 9.17) is 9.26 Å². The van der Waals surface area contributed by atoms with Crippen LogP contribution in [0.25, 0.3) is 11.5 Å². The van der Waals surface area contributed by atoms with E-state index in [2.05, 4.69) is 29.2 Å². The van der Waals surface area contributed by atoms with Gasteiger partial charge in [-0.3, -0.25) is 4.79 Å². The minimum absolute atomic E-state index is 0.0708. The highest BCUT2D eigenvalue weighted by Gasteiger charge is 2.34. The maximum atomic E-state index is 12.5. The Morgan fingerprint density at radius 1 is 1.11 bits per heavy atom. The van der Waals surface area contributed by atoms with Crippen LogP contribution >= 0.6 is 0 Å². The molecular weight excluding hydrogens is 354 g/mol. The Labute approximate surface area is 164 Å². The average molecular weight is 377 g/mol. The molecule has 1 saturated heterocycles. The van der Waals surface area contributed by atoms with Gasteiger partial charge >= 0.3 is 0 Å². The molecule has 0 aliphatic carbocycles. The van der Waals surface area contributed by atoms with E-state index in [9.17, 15) is 4.79 Å². The van der Waals surface area contributed by atoms with Gasteiger partial charge in [-0.1, -0.05) is 24.2 Å². The summed E-state index contributed by atoms with van der Waals surface area (Å²) in [6.07, 6.45) is 1.37. The van der Waals surface area contributed by atoms with Crippen molar-refractivity contribution in [3.63, 3.8) is 0 Å². The first kappa shape index (κ1) is 18.2. The zero-order valence-corrected chi connectivity index (χ0v) is 16.1. The lowest BCUT2D eigenvalue weighted by atomic mass is 10.1. The van der Waals surface area contributed by atoms with Crippen molar-refractivity contribution in [1.82, 2.24) is 10.1 Å². The van der Waals surface area contributed by atoms with Crippen molar-refractivity contribution in [3.8, 4) is 17.2 Å². The zero-order valence-electron chi connectivity index (χ0n) is 16.1. The molecule has 2 aromatic carbocycles. The van der Waals surface area contributed by atoms with Gasteiger partial charge in [-0.15, -0.1) is 0 Å². The number of carbonyl (C=O) groups is 1. The highest BCUT2D eigenvalue weighted by molar-refractivity contribution is 5.96. The Morgan fingerprint density at radius 2 is 1.86 bits per heavy atom. The third-order valence-corrected chi connectivity index (χ3v) is 5.00. The van der Waals surface area contributed by atoms with E-state index in [1.54, 1.807) is 4.90 Å². The van der Waals surface area contributed by atoms with Gasteiger partial charge in [-0.25, -0.2) is 0 Å². The lowest BCUT2D eigenvalue weighted by Gasteiger charge is -2.16. The van der Waals surface area contributed by atoms with Gasteiger partial charge in [0.2, 0.25) is 5.91 Å². The first-order chi connectivity index (χ1) is 13.7. The molecular formula is C22H23N3O3. The Kier molecular flexibility index (Phi) is 5.10. The normalized spacial score (nSPS) is 16.6. The molecule has 0 N–H and O–H groups in total. The Bertz CT molecular complexity index is 948. The van der Waals surface area contributed by atoms with Crippen LogP contribution in [0.5, 0.6) is 5.75 Å². The SMILES string of the molecule is CCOc1ccc(-c2nc([C@@H]3CC(=O)N(c4ccc(CC)cc4)C3)no2)cc1. The van der Waals surface area contributed by atoms with Crippen LogP contribution in [-0.4, -0.2) is 29.2 Å². The summed E-state index contributed by atoms with van der Waals surface area (Å²) in [5.41, 5.74) is 3.00. The molecule has 4 rings (SSSR count). The maximum Gasteiger partial charge on any atom is 0.257 e. The van der Waals surface area contributed by atoms with E-state index < -0.39 is 0 Å². The summed E-state index contributed by atoms with van der Waals surface area (Å²) < 4.78 is 10.9. The lowest BCUT2D eigenvalue weighted by molar-refractivity contribution is -0.117. The van der Waals surface area contributed by atoms with Crippen molar-refractivity contribution in [2.24, 2.45) is 0 Å². The largest absolute Gasteiger partial charge is 0.494 e. The molecule has 1 fully saturated rings. The highest BCUT2D eigenvalue weighted by Crippen LogP contribution is 2.32. The maximum absolute atomic E-state index is 12.5. The van der Waals surface area contributed by atoms with Crippen LogP contribution in [0.15, 0.2) is 53.1 Å². The Balaban J connectivity index is 1.48. The van der Waals surface area contributed by atoms with Crippen LogP contribution in [0.3, 0.4) is 0 Å². The van der Waals surface area contributed by atoms with Gasteiger partial charge in [0.25, 0.3) is 5.89 Å². The van der Waals surface area contributed by atoms with Crippen LogP contribution in [-0.2, 0) is 11.2 Å². The summed E-state index contributed by atoms with van der Waals surface area (Å²) in [5.74, 6) is 1.85. The molecule has 1 atom stereocenters. The Hall–Kier alpha value is -3.15. The van der Waals surface area contributed by atoms with Gasteiger partial charge in [0.05, 0.1) is 6.61 Å². The topological polar surface area (TPSA) is 68.5 Å². The molecule has 0 spiro atoms. The number of benzene rings is 2. The van der Waals surface area contributed by atoms with Crippen LogP contribution in [0, 0.1) is 0 Å². The standard InChI is InChI=1S/C22H23N3O3/c1-3-15-5-9-18(10-6-15)25-14-17(13-20(25)26)21-23-22(28-24-21)16-7-11-19(12-8-16)27-4-2/h5-12,17H,3-4,13-14H2,1-2H3/t17-/m1/s1. The molecule has 3 aromatic rings. The van der Waals surface area contributed by atoms with E-state index in [1.165, 1.54) is 5.56 Å². The quantitative estimate of drug-likeness (QED) is 0.643. The van der Waals surface area contributed by atoms with Crippen molar-refractivity contribution >= 4 is 11.6 Å². The minimum atomic E-state index is -0.0708. The number of aromatic nitrogens is 2. The molecule has 1 amide bonds. The molecule has 1 aliphatic rings. The summed E-state index contributed by atoms with van der Waals surface area (Å²) in [5, 5.41) is 4.13. The Morgan fingerprint density at radius 3 is 2.54 bits per heavy atom. The molecule has 1 aliphatic heterocycles. The van der Waals surface area contributed by atoms with E-state index in [0.29, 0.717) is 31.3 Å². The molecule has 6 heteroatoms. The van der Waals surface area contributed by atoms with E-state index in [0.717, 1.165) is 23.4 Å². The van der Waals surface area contributed by atoms with Crippen LogP contribution in [0.2, 0.25) is 0 Å². The number of anilines is 1. The monoisotopic (exact) mass is 377 g/mol. The second-order valence-electron chi connectivity index (χ2n) is 6.84. The number of hydrogen-bond acceptors (Lipinski definition) is 5. The van der Waals surface area contributed by atoms with Gasteiger partial charge in [-0.05, 0) is 55.3 Å². The van der Waals surface area contributed by atoms with Crippen LogP contribution in [0.4, 0.5) is 5.69 Å². The molecule has 1 aromatic heterocycles. The smallest absolute Gasteiger partial charge is 0.257 e. The fourth-order valence-corrected chi connectivity index (χ4v) is 3.42. The average Bonchev–Trinajstić information content (AvgIpc) is 3.36. The van der Waals surface area contributed by atoms with E-state index in [1.807, 2.05) is 43.3 Å². The van der Waals surface area contributed by atoms with E-state index >= 15 is 0 Å². The van der Waals surface area contributed by atoms with Gasteiger partial charge in [0.1, 0.15) is 5.75 Å². The first-order valence-corrected chi connectivity index (χ1v) is 9.64. The van der Waals surface area contributed by atoms with Crippen molar-refractivity contribution in [2.45, 2.75) is 32.6 Å². The molecule has 2 heterocycles. The van der Waals surface area contributed by atoms with Crippen LogP contribution in [0.1, 0.15) is 37.6 Å². The van der Waals surface area contributed by atoms with Gasteiger partial charge in [-0.2, -0.15) is 4.98 Å². The highest BCUT2D eigenvalue weighted by atomic mass is 16.5. The van der Waals surface area contributed by atoms with Crippen molar-refractivity contribution in [3.05, 3.63) is 59.9 Å². The second-order valence-corrected chi connectivity index (χ2v) is 6.84. The van der Waals surface area contributed by atoms with Gasteiger partial charge < -0.3 is 14.2 Å². The second kappa shape index (κ2) is 7.84. The summed E-state index contributed by atoms with van der Waals surface area (Å²) in [4.78, 5) is 18.8. The number of carbonyl (C=O) groups excluding carboxylic acids is 1. The molecule has 0 radical (unpaired) electrons. The van der Waals surface area contributed by atoms with Crippen LogP contribution < -0.4 is 9.64 Å². The summed E-state index contributed by atoms with van der Waals surface area (Å²) in [6, 6.07) is 15.7. The van der Waals surface area contributed by atoms with Crippen molar-refractivity contribution < 1.29 is 14.1 Å². The van der Waals surface area contributed by atoms with Crippen molar-refractivity contribution in [2.75, 3.05) is 18.1 Å². The minimum Gasteiger partial charge on any atom is -0.494 e. The zero-order chi connectivity index (χ0) is 19.5. The molecule has 0 bridgehead atoms. The lowest BCUT2D eigenvalue weighted by Crippen LogP contribution is -2.24. The number of nitrogens with zero attached hydrogens (tertiary/aromatic N) is 3. The van der Waals surface area contributed by atoms with Gasteiger partial charge in [0.15, 0.2) is 5.82 Å². The number of rotatable bonds is 6. The summed E-state index contributed by atoms with van der Waals surface area (Å²) in [6.45, 7) is 5.25. The molecule has 144 valence electrons. The third kappa shape index (κ3) is 3.63. The fourth-order valence-electron chi connectivity index (χ4n) is 3.42. The predicted octanol–water partition coefficient (Wildman–Crippen LogP) is 4.22. The third-order valence-electron chi connectivity index (χ3n) is 5.00. The number of hydrogen-bond donors (Lipinski definition) is 0. The molecule has 0 saturated carbocycles. The summed E-state index contributed by atoms with van der Waals surface area (Å²) in [7, 11) is 0. The predicted molar refractivity (Wildman–Crippen MR) is 106 cm³/mol.